The van der Waals surface area contributed by atoms with E-state index in [-0.39, 0.29) is 12.4 Å². The first-order chi connectivity index (χ1) is 10.3. The van der Waals surface area contributed by atoms with Crippen LogP contribution in [0.5, 0.6) is 11.5 Å². The minimum Gasteiger partial charge on any atom is -0.493 e. The Hall–Kier alpha value is -1.42. The number of nitrogens with one attached hydrogen (secondary N) is 1. The Kier molecular flexibility index (Phi) is 8.10. The van der Waals surface area contributed by atoms with E-state index in [0.29, 0.717) is 19.7 Å². The summed E-state index contributed by atoms with van der Waals surface area (Å²) in [6.07, 6.45) is 0. The molecule has 0 unspecified atom stereocenters. The number of rotatable bonds is 7. The Balaban J connectivity index is 0.00000242. The normalized spacial score (nSPS) is 9.95. The molecule has 0 atom stereocenters. The van der Waals surface area contributed by atoms with E-state index in [9.17, 15) is 0 Å². The quantitative estimate of drug-likeness (QED) is 0.806. The second-order valence-corrected chi connectivity index (χ2v) is 4.98. The van der Waals surface area contributed by atoms with E-state index < -0.39 is 0 Å². The van der Waals surface area contributed by atoms with Gasteiger partial charge in [0.05, 0.1) is 13.7 Å². The van der Waals surface area contributed by atoms with Gasteiger partial charge in [0.25, 0.3) is 0 Å². The summed E-state index contributed by atoms with van der Waals surface area (Å²) in [4.78, 5) is 0. The molecule has 2 rings (SSSR count). The zero-order valence-corrected chi connectivity index (χ0v) is 14.3. The van der Waals surface area contributed by atoms with Gasteiger partial charge < -0.3 is 14.8 Å². The first kappa shape index (κ1) is 18.6. The predicted octanol–water partition coefficient (Wildman–Crippen LogP) is 4.46. The summed E-state index contributed by atoms with van der Waals surface area (Å²) >= 11 is 6.15. The molecule has 0 spiro atoms. The lowest BCUT2D eigenvalue weighted by Gasteiger charge is -2.14. The molecule has 0 amide bonds. The van der Waals surface area contributed by atoms with E-state index in [0.717, 1.165) is 27.6 Å². The Morgan fingerprint density at radius 3 is 2.36 bits per heavy atom. The summed E-state index contributed by atoms with van der Waals surface area (Å²) in [5.74, 6) is 1.56. The van der Waals surface area contributed by atoms with Crippen LogP contribution in [0.3, 0.4) is 0 Å². The Morgan fingerprint density at radius 2 is 1.68 bits per heavy atom. The minimum atomic E-state index is 0. The van der Waals surface area contributed by atoms with Crippen LogP contribution in [0, 0.1) is 0 Å². The van der Waals surface area contributed by atoms with Crippen LogP contribution in [-0.4, -0.2) is 13.7 Å². The molecule has 0 fully saturated rings. The van der Waals surface area contributed by atoms with E-state index in [1.807, 2.05) is 49.4 Å². The summed E-state index contributed by atoms with van der Waals surface area (Å²) in [5, 5.41) is 4.17. The predicted molar refractivity (Wildman–Crippen MR) is 93.4 cm³/mol. The second-order valence-electron chi connectivity index (χ2n) is 4.58. The Bertz CT molecular complexity index is 591. The van der Waals surface area contributed by atoms with Gasteiger partial charge in [-0.1, -0.05) is 41.9 Å². The van der Waals surface area contributed by atoms with Gasteiger partial charge in [0.1, 0.15) is 0 Å². The maximum atomic E-state index is 6.15. The molecule has 0 saturated heterocycles. The highest BCUT2D eigenvalue weighted by molar-refractivity contribution is 6.31. The van der Waals surface area contributed by atoms with Gasteiger partial charge in [-0.15, -0.1) is 12.4 Å². The van der Waals surface area contributed by atoms with Crippen molar-refractivity contribution in [3.05, 3.63) is 58.6 Å². The monoisotopic (exact) mass is 341 g/mol. The first-order valence-electron chi connectivity index (χ1n) is 6.99. The highest BCUT2D eigenvalue weighted by Crippen LogP contribution is 2.31. The van der Waals surface area contributed by atoms with Crippen LogP contribution in [0.1, 0.15) is 18.1 Å². The Morgan fingerprint density at radius 1 is 1.00 bits per heavy atom. The number of hydrogen-bond donors (Lipinski definition) is 1. The molecule has 3 nitrogen and oxygen atoms in total. The molecular weight excluding hydrogens is 321 g/mol. The van der Waals surface area contributed by atoms with Crippen LogP contribution in [0.2, 0.25) is 5.02 Å². The van der Waals surface area contributed by atoms with Gasteiger partial charge in [-0.2, -0.15) is 0 Å². The van der Waals surface area contributed by atoms with Crippen LogP contribution in [0.15, 0.2) is 42.5 Å². The zero-order valence-electron chi connectivity index (χ0n) is 12.8. The van der Waals surface area contributed by atoms with Crippen molar-refractivity contribution in [3.8, 4) is 11.5 Å². The zero-order chi connectivity index (χ0) is 15.1. The first-order valence-corrected chi connectivity index (χ1v) is 7.36. The van der Waals surface area contributed by atoms with Gasteiger partial charge in [0.15, 0.2) is 11.5 Å². The molecule has 0 heterocycles. The van der Waals surface area contributed by atoms with Gasteiger partial charge >= 0.3 is 0 Å². The molecule has 1 N–H and O–H groups in total. The van der Waals surface area contributed by atoms with E-state index in [2.05, 4.69) is 5.32 Å². The van der Waals surface area contributed by atoms with E-state index >= 15 is 0 Å². The smallest absolute Gasteiger partial charge is 0.165 e. The molecule has 0 radical (unpaired) electrons. The minimum absolute atomic E-state index is 0. The van der Waals surface area contributed by atoms with Crippen molar-refractivity contribution in [2.24, 2.45) is 0 Å². The third-order valence-electron chi connectivity index (χ3n) is 3.16. The van der Waals surface area contributed by atoms with Gasteiger partial charge in [-0.05, 0) is 24.6 Å². The van der Waals surface area contributed by atoms with Gasteiger partial charge in [0, 0.05) is 23.7 Å². The van der Waals surface area contributed by atoms with E-state index in [4.69, 9.17) is 21.1 Å². The van der Waals surface area contributed by atoms with Crippen molar-refractivity contribution in [2.45, 2.75) is 20.0 Å². The number of ether oxygens (including phenoxy) is 2. The Labute approximate surface area is 143 Å². The third-order valence-corrected chi connectivity index (χ3v) is 3.53. The van der Waals surface area contributed by atoms with Crippen molar-refractivity contribution in [1.82, 2.24) is 5.32 Å². The molecule has 5 heteroatoms. The highest BCUT2D eigenvalue weighted by Gasteiger charge is 2.09. The maximum absolute atomic E-state index is 6.15. The lowest BCUT2D eigenvalue weighted by molar-refractivity contribution is 0.306. The van der Waals surface area contributed by atoms with E-state index in [1.165, 1.54) is 0 Å². The fraction of sp³-hybridized carbons (Fsp3) is 0.294. The SMILES string of the molecule is CCOc1c(CNCc2ccccc2Cl)cccc1OC.Cl. The molecule has 120 valence electrons. The van der Waals surface area contributed by atoms with E-state index in [1.54, 1.807) is 7.11 Å². The molecule has 0 aliphatic rings. The number of benzene rings is 2. The largest absolute Gasteiger partial charge is 0.493 e. The molecule has 2 aromatic rings. The summed E-state index contributed by atoms with van der Waals surface area (Å²) < 4.78 is 11.0. The van der Waals surface area contributed by atoms with Crippen LogP contribution >= 0.6 is 24.0 Å². The van der Waals surface area contributed by atoms with Crippen molar-refractivity contribution >= 4 is 24.0 Å². The molecular formula is C17H21Cl2NO2. The van der Waals surface area contributed by atoms with Gasteiger partial charge in [-0.25, -0.2) is 0 Å². The van der Waals surface area contributed by atoms with Crippen LogP contribution in [-0.2, 0) is 13.1 Å². The molecule has 0 saturated carbocycles. The number of methoxy groups -OCH3 is 1. The fourth-order valence-electron chi connectivity index (χ4n) is 2.14. The van der Waals surface area contributed by atoms with Crippen molar-refractivity contribution in [1.29, 1.82) is 0 Å². The number of para-hydroxylation sites is 1. The fourth-order valence-corrected chi connectivity index (χ4v) is 2.35. The number of halogens is 2. The van der Waals surface area contributed by atoms with Crippen LogP contribution in [0.4, 0.5) is 0 Å². The summed E-state index contributed by atoms with van der Waals surface area (Å²) in [5.41, 5.74) is 2.16. The highest BCUT2D eigenvalue weighted by atomic mass is 35.5. The molecule has 22 heavy (non-hydrogen) atoms. The maximum Gasteiger partial charge on any atom is 0.165 e. The van der Waals surface area contributed by atoms with Crippen molar-refractivity contribution in [2.75, 3.05) is 13.7 Å². The lowest BCUT2D eigenvalue weighted by atomic mass is 10.1. The van der Waals surface area contributed by atoms with Crippen molar-refractivity contribution in [3.63, 3.8) is 0 Å². The third kappa shape index (κ3) is 4.80. The average molecular weight is 342 g/mol. The number of hydrogen-bond acceptors (Lipinski definition) is 3. The van der Waals surface area contributed by atoms with Crippen LogP contribution in [0.25, 0.3) is 0 Å². The summed E-state index contributed by atoms with van der Waals surface area (Å²) in [6.45, 7) is 3.98. The lowest BCUT2D eigenvalue weighted by Crippen LogP contribution is -2.14. The molecule has 0 aromatic heterocycles. The van der Waals surface area contributed by atoms with Gasteiger partial charge in [0.2, 0.25) is 0 Å². The second kappa shape index (κ2) is 9.57. The summed E-state index contributed by atoms with van der Waals surface area (Å²) in [6, 6.07) is 13.7. The van der Waals surface area contributed by atoms with Gasteiger partial charge in [-0.3, -0.25) is 0 Å². The summed E-state index contributed by atoms with van der Waals surface area (Å²) in [7, 11) is 1.65. The molecule has 0 aliphatic carbocycles. The molecule has 0 bridgehead atoms. The standard InChI is InChI=1S/C17H20ClNO2.ClH/c1-3-21-17-14(8-6-10-16(17)20-2)12-19-11-13-7-4-5-9-15(13)18;/h4-10,19H,3,11-12H2,1-2H3;1H. The molecule has 0 aliphatic heterocycles. The van der Waals surface area contributed by atoms with Crippen LogP contribution < -0.4 is 14.8 Å². The molecule has 2 aromatic carbocycles. The average Bonchev–Trinajstić information content (AvgIpc) is 2.51. The van der Waals surface area contributed by atoms with Crippen molar-refractivity contribution < 1.29 is 9.47 Å². The topological polar surface area (TPSA) is 30.5 Å².